The lowest BCUT2D eigenvalue weighted by molar-refractivity contribution is -0.161. The van der Waals surface area contributed by atoms with Crippen molar-refractivity contribution in [2.45, 2.75) is 369 Å². The lowest BCUT2D eigenvalue weighted by atomic mass is 10.00. The molecule has 0 aromatic rings. The Bertz CT molecular complexity index is 1790. The van der Waals surface area contributed by atoms with Gasteiger partial charge in [-0.3, -0.25) is 37.3 Å². The molecule has 0 aliphatic rings. The molecule has 19 heteroatoms. The summed E-state index contributed by atoms with van der Waals surface area (Å²) in [4.78, 5) is 72.6. The van der Waals surface area contributed by atoms with Crippen molar-refractivity contribution in [2.24, 2.45) is 23.7 Å². The predicted octanol–water partition coefficient (Wildman–Crippen LogP) is 20.1. The number of aliphatic hydroxyl groups excluding tert-OH is 1. The molecule has 0 heterocycles. The van der Waals surface area contributed by atoms with Crippen molar-refractivity contribution in [1.82, 2.24) is 0 Å². The topological polar surface area (TPSA) is 237 Å². The second-order valence-electron chi connectivity index (χ2n) is 27.1. The highest BCUT2D eigenvalue weighted by molar-refractivity contribution is 7.47. The lowest BCUT2D eigenvalue weighted by Gasteiger charge is -2.21. The molecule has 534 valence electrons. The van der Waals surface area contributed by atoms with Gasteiger partial charge >= 0.3 is 39.5 Å². The Kier molecular flexibility index (Phi) is 59.4. The van der Waals surface area contributed by atoms with Crippen LogP contribution in [0.5, 0.6) is 0 Å². The number of carbonyl (C=O) groups is 4. The van der Waals surface area contributed by atoms with Gasteiger partial charge in [0.25, 0.3) is 0 Å². The number of carbonyl (C=O) groups excluding carboxylic acids is 4. The number of hydrogen-bond donors (Lipinski definition) is 3. The van der Waals surface area contributed by atoms with Gasteiger partial charge in [-0.05, 0) is 49.4 Å². The fraction of sp³-hybridized carbons (Fsp3) is 0.944. The first kappa shape index (κ1) is 88.1. The molecule has 3 N–H and O–H groups in total. The van der Waals surface area contributed by atoms with Gasteiger partial charge < -0.3 is 33.8 Å². The largest absolute Gasteiger partial charge is 0.472 e. The van der Waals surface area contributed by atoms with Gasteiger partial charge in [-0.25, -0.2) is 9.13 Å². The maximum absolute atomic E-state index is 13.0. The normalized spacial score (nSPS) is 14.9. The summed E-state index contributed by atoms with van der Waals surface area (Å²) in [5.74, 6) is 0.873. The highest BCUT2D eigenvalue weighted by Gasteiger charge is 2.30. The zero-order chi connectivity index (χ0) is 66.8. The Hall–Kier alpha value is -1.94. The van der Waals surface area contributed by atoms with E-state index < -0.39 is 97.5 Å². The SMILES string of the molecule is CCC(C)CCCCCCCCC(=O)OC[C@H](COP(=O)(O)OC[C@H](O)COP(=O)(O)OC[C@@H](COC(=O)CCCCCCCCCCCCC(C)C)OC(=O)CCCCCCCCC(C)CC)OC(=O)CCCCCCCCCCCCCCCCC(C)C. The van der Waals surface area contributed by atoms with Crippen LogP contribution in [0.1, 0.15) is 351 Å². The van der Waals surface area contributed by atoms with Crippen molar-refractivity contribution < 1.29 is 80.2 Å². The van der Waals surface area contributed by atoms with Gasteiger partial charge in [0, 0.05) is 25.7 Å². The molecule has 0 bridgehead atoms. The molecule has 0 aromatic carbocycles. The number of hydrogen-bond acceptors (Lipinski definition) is 15. The van der Waals surface area contributed by atoms with Crippen LogP contribution < -0.4 is 0 Å². The summed E-state index contributed by atoms with van der Waals surface area (Å²) >= 11 is 0. The van der Waals surface area contributed by atoms with Crippen LogP contribution in [0.3, 0.4) is 0 Å². The van der Waals surface area contributed by atoms with Crippen molar-refractivity contribution in [3.63, 3.8) is 0 Å². The van der Waals surface area contributed by atoms with Crippen molar-refractivity contribution in [3.8, 4) is 0 Å². The van der Waals surface area contributed by atoms with Gasteiger partial charge in [-0.1, -0.05) is 299 Å². The molecule has 17 nitrogen and oxygen atoms in total. The van der Waals surface area contributed by atoms with E-state index in [0.717, 1.165) is 120 Å². The zero-order valence-corrected chi connectivity index (χ0v) is 60.6. The van der Waals surface area contributed by atoms with Crippen LogP contribution >= 0.6 is 15.6 Å². The second kappa shape index (κ2) is 60.7. The Morgan fingerprint density at radius 2 is 0.533 bits per heavy atom. The quantitative estimate of drug-likeness (QED) is 0.0222. The molecule has 0 aromatic heterocycles. The summed E-state index contributed by atoms with van der Waals surface area (Å²) in [6, 6.07) is 0. The van der Waals surface area contributed by atoms with E-state index in [0.29, 0.717) is 25.7 Å². The number of ether oxygens (including phenoxy) is 4. The number of phosphoric ester groups is 2. The van der Waals surface area contributed by atoms with E-state index in [1.54, 1.807) is 0 Å². The van der Waals surface area contributed by atoms with Crippen molar-refractivity contribution in [3.05, 3.63) is 0 Å². The first-order valence-corrected chi connectivity index (χ1v) is 39.8. The molecule has 0 saturated carbocycles. The monoisotopic (exact) mass is 1320 g/mol. The fourth-order valence-corrected chi connectivity index (χ4v) is 12.2. The van der Waals surface area contributed by atoms with E-state index >= 15 is 0 Å². The molecule has 0 spiro atoms. The molecular formula is C71H138O17P2. The number of unbranched alkanes of at least 4 members (excludes halogenated alkanes) is 32. The fourth-order valence-electron chi connectivity index (χ4n) is 10.6. The standard InChI is InChI=1S/C71H138O17P2/c1-9-63(7)49-41-33-27-29-36-44-52-69(74)82-58-66(87-70(75)53-45-37-26-22-16-14-12-11-13-15-19-23-31-39-47-61(3)4)59-85-89(77,78)83-55-65(72)56-84-90(79,80)86-60-67(88-71(76)54-46-38-30-28-34-42-50-64(8)10-2)57-81-68(73)51-43-35-25-21-18-17-20-24-32-40-48-62(5)6/h61-67,72H,9-60H2,1-8H3,(H,77,78)(H,79,80)/t63?,64?,65-,66+,67+/m0/s1. The smallest absolute Gasteiger partial charge is 0.462 e. The van der Waals surface area contributed by atoms with E-state index in [1.165, 1.54) is 148 Å². The minimum Gasteiger partial charge on any atom is -0.462 e. The van der Waals surface area contributed by atoms with Crippen LogP contribution in [0.2, 0.25) is 0 Å². The average Bonchev–Trinajstić information content (AvgIpc) is 2.76. The Labute approximate surface area is 549 Å². The molecule has 0 aliphatic heterocycles. The van der Waals surface area contributed by atoms with Crippen molar-refractivity contribution >= 4 is 39.5 Å². The minimum atomic E-state index is -4.95. The summed E-state index contributed by atoms with van der Waals surface area (Å²) in [6.07, 6.45) is 43.1. The van der Waals surface area contributed by atoms with Crippen LogP contribution in [0.15, 0.2) is 0 Å². The van der Waals surface area contributed by atoms with Gasteiger partial charge in [0.1, 0.15) is 19.3 Å². The molecule has 0 radical (unpaired) electrons. The van der Waals surface area contributed by atoms with Gasteiger partial charge in [-0.2, -0.15) is 0 Å². The maximum Gasteiger partial charge on any atom is 0.472 e. The Balaban J connectivity index is 5.23. The molecule has 0 amide bonds. The third-order valence-electron chi connectivity index (χ3n) is 17.0. The predicted molar refractivity (Wildman–Crippen MR) is 363 cm³/mol. The molecule has 4 unspecified atom stereocenters. The number of aliphatic hydroxyl groups is 1. The van der Waals surface area contributed by atoms with Gasteiger partial charge in [0.15, 0.2) is 12.2 Å². The summed E-state index contributed by atoms with van der Waals surface area (Å²) in [6.45, 7) is 14.1. The lowest BCUT2D eigenvalue weighted by Crippen LogP contribution is -2.30. The highest BCUT2D eigenvalue weighted by atomic mass is 31.2. The zero-order valence-electron chi connectivity index (χ0n) is 58.8. The summed E-state index contributed by atoms with van der Waals surface area (Å²) in [7, 11) is -9.90. The highest BCUT2D eigenvalue weighted by Crippen LogP contribution is 2.45. The van der Waals surface area contributed by atoms with Crippen LogP contribution in [0.25, 0.3) is 0 Å². The second-order valence-corrected chi connectivity index (χ2v) is 30.0. The van der Waals surface area contributed by atoms with E-state index in [4.69, 9.17) is 37.0 Å². The molecule has 7 atom stereocenters. The molecule has 0 fully saturated rings. The van der Waals surface area contributed by atoms with E-state index in [2.05, 4.69) is 55.4 Å². The van der Waals surface area contributed by atoms with Crippen LogP contribution in [0.4, 0.5) is 0 Å². The first-order chi connectivity index (χ1) is 43.2. The molecule has 0 rings (SSSR count). The molecular weight excluding hydrogens is 1190 g/mol. The van der Waals surface area contributed by atoms with Crippen LogP contribution in [-0.4, -0.2) is 96.7 Å². The molecule has 90 heavy (non-hydrogen) atoms. The van der Waals surface area contributed by atoms with Gasteiger partial charge in [0.05, 0.1) is 26.4 Å². The summed E-state index contributed by atoms with van der Waals surface area (Å²) < 4.78 is 68.3. The average molecular weight is 1330 g/mol. The first-order valence-electron chi connectivity index (χ1n) is 36.8. The van der Waals surface area contributed by atoms with Crippen LogP contribution in [0, 0.1) is 23.7 Å². The third-order valence-corrected chi connectivity index (χ3v) is 18.9. The number of phosphoric acid groups is 2. The van der Waals surface area contributed by atoms with E-state index in [1.807, 2.05) is 0 Å². The van der Waals surface area contributed by atoms with Crippen molar-refractivity contribution in [1.29, 1.82) is 0 Å². The van der Waals surface area contributed by atoms with Gasteiger partial charge in [-0.15, -0.1) is 0 Å². The van der Waals surface area contributed by atoms with Crippen LogP contribution in [-0.2, 0) is 65.4 Å². The Morgan fingerprint density at radius 3 is 0.789 bits per heavy atom. The molecule has 0 saturated heterocycles. The van der Waals surface area contributed by atoms with Crippen molar-refractivity contribution in [2.75, 3.05) is 39.6 Å². The summed E-state index contributed by atoms with van der Waals surface area (Å²) in [5.41, 5.74) is 0. The third kappa shape index (κ3) is 62.2. The number of esters is 4. The Morgan fingerprint density at radius 1 is 0.311 bits per heavy atom. The molecule has 0 aliphatic carbocycles. The maximum atomic E-state index is 13.0. The minimum absolute atomic E-state index is 0.102. The van der Waals surface area contributed by atoms with E-state index in [-0.39, 0.29) is 25.7 Å². The number of rotatable bonds is 68. The van der Waals surface area contributed by atoms with Gasteiger partial charge in [0.2, 0.25) is 0 Å². The van der Waals surface area contributed by atoms with E-state index in [9.17, 15) is 43.2 Å². The summed E-state index contributed by atoms with van der Waals surface area (Å²) in [5, 5.41) is 10.6.